The highest BCUT2D eigenvalue weighted by Crippen LogP contribution is 2.29. The predicted octanol–water partition coefficient (Wildman–Crippen LogP) is 4.49. The molecular formula is C19H38O3. The minimum absolute atomic E-state index is 0.0180. The molecule has 3 nitrogen and oxygen atoms in total. The van der Waals surface area contributed by atoms with E-state index in [1.54, 1.807) is 0 Å². The van der Waals surface area contributed by atoms with Crippen LogP contribution in [0.4, 0.5) is 0 Å². The van der Waals surface area contributed by atoms with Crippen LogP contribution < -0.4 is 0 Å². The molecule has 0 spiro atoms. The van der Waals surface area contributed by atoms with Crippen molar-refractivity contribution in [2.45, 2.75) is 91.9 Å². The Hall–Kier alpha value is -0.410. The molecule has 0 aromatic heterocycles. The van der Waals surface area contributed by atoms with E-state index >= 15 is 0 Å². The lowest BCUT2D eigenvalue weighted by atomic mass is 9.82. The normalized spacial score (nSPS) is 12.6. The molecule has 0 aromatic rings. The zero-order valence-corrected chi connectivity index (χ0v) is 15.3. The summed E-state index contributed by atoms with van der Waals surface area (Å²) in [6.45, 7) is 9.09. The Bertz CT molecular complexity index is 295. The Balaban J connectivity index is 3.62. The van der Waals surface area contributed by atoms with Crippen molar-refractivity contribution in [1.82, 2.24) is 0 Å². The van der Waals surface area contributed by atoms with Gasteiger partial charge in [0, 0.05) is 26.1 Å². The fraction of sp³-hybridized carbons (Fsp3) is 0.947. The van der Waals surface area contributed by atoms with Gasteiger partial charge in [-0.1, -0.05) is 40.5 Å². The summed E-state index contributed by atoms with van der Waals surface area (Å²) in [4.78, 5) is 11.9. The predicted molar refractivity (Wildman–Crippen MR) is 92.9 cm³/mol. The van der Waals surface area contributed by atoms with Gasteiger partial charge < -0.3 is 10.2 Å². The van der Waals surface area contributed by atoms with Crippen LogP contribution in [0.15, 0.2) is 0 Å². The van der Waals surface area contributed by atoms with Gasteiger partial charge in [-0.05, 0) is 49.4 Å². The summed E-state index contributed by atoms with van der Waals surface area (Å²) in [7, 11) is 0. The Morgan fingerprint density at radius 1 is 0.727 bits per heavy atom. The van der Waals surface area contributed by atoms with Crippen molar-refractivity contribution >= 4 is 5.78 Å². The summed E-state index contributed by atoms with van der Waals surface area (Å²) in [6.07, 6.45) is 9.49. The Morgan fingerprint density at radius 2 is 1.27 bits per heavy atom. The summed E-state index contributed by atoms with van der Waals surface area (Å²) in [5.74, 6) is 0.388. The number of rotatable bonds is 14. The van der Waals surface area contributed by atoms with Crippen molar-refractivity contribution in [1.29, 1.82) is 0 Å². The average molecular weight is 315 g/mol. The Morgan fingerprint density at radius 3 is 1.86 bits per heavy atom. The first-order valence-electron chi connectivity index (χ1n) is 8.96. The molecule has 132 valence electrons. The molecule has 0 aliphatic carbocycles. The van der Waals surface area contributed by atoms with Crippen molar-refractivity contribution in [3.05, 3.63) is 0 Å². The van der Waals surface area contributed by atoms with Crippen LogP contribution in [0.5, 0.6) is 0 Å². The van der Waals surface area contributed by atoms with E-state index in [0.717, 1.165) is 51.4 Å². The molecule has 22 heavy (non-hydrogen) atoms. The smallest absolute Gasteiger partial charge is 0.132 e. The van der Waals surface area contributed by atoms with E-state index in [1.807, 2.05) is 0 Å². The van der Waals surface area contributed by atoms with Crippen LogP contribution in [0.2, 0.25) is 0 Å². The number of Topliss-reactive ketones (excluding diaryl/α,β-unsaturated/α-hetero) is 1. The molecule has 0 atom stereocenters. The lowest BCUT2D eigenvalue weighted by molar-refractivity contribution is -0.119. The van der Waals surface area contributed by atoms with Gasteiger partial charge in [-0.3, -0.25) is 4.79 Å². The largest absolute Gasteiger partial charge is 0.396 e. The fourth-order valence-electron chi connectivity index (χ4n) is 2.75. The van der Waals surface area contributed by atoms with Crippen LogP contribution in [0.1, 0.15) is 91.9 Å². The van der Waals surface area contributed by atoms with E-state index < -0.39 is 0 Å². The Labute approximate surface area is 137 Å². The molecule has 2 N–H and O–H groups in total. The van der Waals surface area contributed by atoms with E-state index in [9.17, 15) is 9.90 Å². The summed E-state index contributed by atoms with van der Waals surface area (Å²) < 4.78 is 0. The van der Waals surface area contributed by atoms with Gasteiger partial charge in [0.1, 0.15) is 5.78 Å². The van der Waals surface area contributed by atoms with Gasteiger partial charge in [-0.15, -0.1) is 0 Å². The van der Waals surface area contributed by atoms with Gasteiger partial charge in [0.2, 0.25) is 0 Å². The van der Waals surface area contributed by atoms with Gasteiger partial charge in [0.05, 0.1) is 0 Å². The molecule has 0 radical (unpaired) electrons. The lowest BCUT2D eigenvalue weighted by Crippen LogP contribution is -2.16. The highest BCUT2D eigenvalue weighted by atomic mass is 16.3. The molecule has 0 amide bonds. The van der Waals surface area contributed by atoms with Crippen LogP contribution >= 0.6 is 0 Å². The third kappa shape index (κ3) is 12.2. The van der Waals surface area contributed by atoms with Crippen molar-refractivity contribution in [3.8, 4) is 0 Å². The third-order valence-electron chi connectivity index (χ3n) is 4.56. The molecular weight excluding hydrogens is 276 g/mol. The SMILES string of the molecule is CC(C)(CO)CCCCCC(=O)CCCC(C)(C)CCCO. The van der Waals surface area contributed by atoms with Crippen LogP contribution in [-0.4, -0.2) is 29.2 Å². The van der Waals surface area contributed by atoms with Crippen molar-refractivity contribution in [2.75, 3.05) is 13.2 Å². The standard InChI is InChI=1S/C19H38O3/c1-18(2,14-9-15-20)13-8-11-17(22)10-6-5-7-12-19(3,4)16-21/h20-21H,5-16H2,1-4H3. The molecule has 0 rings (SSSR count). The number of ketones is 1. The monoisotopic (exact) mass is 314 g/mol. The second kappa shape index (κ2) is 11.2. The van der Waals surface area contributed by atoms with Crippen LogP contribution in [0.25, 0.3) is 0 Å². The number of hydrogen-bond donors (Lipinski definition) is 2. The number of unbranched alkanes of at least 4 members (excludes halogenated alkanes) is 2. The van der Waals surface area contributed by atoms with E-state index in [0.29, 0.717) is 18.6 Å². The van der Waals surface area contributed by atoms with E-state index in [1.165, 1.54) is 0 Å². The molecule has 0 bridgehead atoms. The van der Waals surface area contributed by atoms with Crippen LogP contribution in [0.3, 0.4) is 0 Å². The number of carbonyl (C=O) groups excluding carboxylic acids is 1. The molecule has 0 fully saturated rings. The number of aliphatic hydroxyl groups excluding tert-OH is 2. The van der Waals surface area contributed by atoms with E-state index in [2.05, 4.69) is 27.7 Å². The van der Waals surface area contributed by atoms with Crippen LogP contribution in [-0.2, 0) is 4.79 Å². The van der Waals surface area contributed by atoms with Crippen molar-refractivity contribution in [3.63, 3.8) is 0 Å². The highest BCUT2D eigenvalue weighted by Gasteiger charge is 2.17. The quantitative estimate of drug-likeness (QED) is 0.464. The van der Waals surface area contributed by atoms with Gasteiger partial charge >= 0.3 is 0 Å². The minimum atomic E-state index is 0.0180. The first kappa shape index (κ1) is 21.6. The first-order valence-corrected chi connectivity index (χ1v) is 8.96. The fourth-order valence-corrected chi connectivity index (χ4v) is 2.75. The number of carbonyl (C=O) groups is 1. The topological polar surface area (TPSA) is 57.5 Å². The van der Waals surface area contributed by atoms with Gasteiger partial charge in [0.25, 0.3) is 0 Å². The molecule has 0 aromatic carbocycles. The van der Waals surface area contributed by atoms with E-state index in [4.69, 9.17) is 5.11 Å². The summed E-state index contributed by atoms with van der Waals surface area (Å²) in [5.41, 5.74) is 0.253. The second-order valence-electron chi connectivity index (χ2n) is 8.27. The minimum Gasteiger partial charge on any atom is -0.396 e. The van der Waals surface area contributed by atoms with Crippen LogP contribution in [0, 0.1) is 10.8 Å². The molecule has 0 saturated heterocycles. The first-order chi connectivity index (χ1) is 10.2. The Kier molecular flexibility index (Phi) is 11.0. The lowest BCUT2D eigenvalue weighted by Gasteiger charge is -2.24. The zero-order valence-electron chi connectivity index (χ0n) is 15.3. The molecule has 3 heteroatoms. The second-order valence-corrected chi connectivity index (χ2v) is 8.27. The van der Waals surface area contributed by atoms with Crippen molar-refractivity contribution < 1.29 is 15.0 Å². The summed E-state index contributed by atoms with van der Waals surface area (Å²) in [6, 6.07) is 0. The number of hydrogen-bond acceptors (Lipinski definition) is 3. The molecule has 0 aliphatic heterocycles. The molecule has 0 saturated carbocycles. The summed E-state index contributed by atoms with van der Waals surface area (Å²) >= 11 is 0. The van der Waals surface area contributed by atoms with Crippen molar-refractivity contribution in [2.24, 2.45) is 10.8 Å². The average Bonchev–Trinajstić information content (AvgIpc) is 2.44. The highest BCUT2D eigenvalue weighted by molar-refractivity contribution is 5.78. The molecule has 0 aliphatic rings. The molecule has 0 unspecified atom stereocenters. The van der Waals surface area contributed by atoms with Gasteiger partial charge in [-0.25, -0.2) is 0 Å². The number of aliphatic hydroxyl groups is 2. The van der Waals surface area contributed by atoms with Gasteiger partial charge in [0.15, 0.2) is 0 Å². The third-order valence-corrected chi connectivity index (χ3v) is 4.56. The summed E-state index contributed by atoms with van der Waals surface area (Å²) in [5, 5.41) is 18.1. The molecule has 0 heterocycles. The van der Waals surface area contributed by atoms with Gasteiger partial charge in [-0.2, -0.15) is 0 Å². The van der Waals surface area contributed by atoms with E-state index in [-0.39, 0.29) is 24.0 Å². The maximum atomic E-state index is 11.9. The zero-order chi connectivity index (χ0) is 17.1. The maximum absolute atomic E-state index is 11.9. The maximum Gasteiger partial charge on any atom is 0.132 e.